The topological polar surface area (TPSA) is 62.3 Å². The summed E-state index contributed by atoms with van der Waals surface area (Å²) in [5, 5.41) is 6.44. The van der Waals surface area contributed by atoms with Crippen molar-refractivity contribution in [3.8, 4) is 0 Å². The molecule has 5 rings (SSSR count). The predicted octanol–water partition coefficient (Wildman–Crippen LogP) is 4.54. The van der Waals surface area contributed by atoms with E-state index in [1.54, 1.807) is 11.3 Å². The summed E-state index contributed by atoms with van der Waals surface area (Å²) in [7, 11) is 0. The number of para-hydroxylation sites is 1. The Morgan fingerprint density at radius 1 is 1.29 bits per heavy atom. The number of urea groups is 1. The van der Waals surface area contributed by atoms with Crippen LogP contribution in [0.2, 0.25) is 5.02 Å². The number of aryl methyl sites for hydroxylation is 2. The van der Waals surface area contributed by atoms with Crippen molar-refractivity contribution in [3.05, 3.63) is 62.4 Å². The van der Waals surface area contributed by atoms with Gasteiger partial charge in [-0.15, -0.1) is 11.3 Å². The maximum Gasteiger partial charge on any atom is 0.325 e. The van der Waals surface area contributed by atoms with Crippen LogP contribution in [0.5, 0.6) is 0 Å². The van der Waals surface area contributed by atoms with E-state index in [-0.39, 0.29) is 18.5 Å². The van der Waals surface area contributed by atoms with Crippen molar-refractivity contribution in [2.45, 2.75) is 38.3 Å². The minimum absolute atomic E-state index is 0.0659. The average molecular weight is 412 g/mol. The van der Waals surface area contributed by atoms with Crippen LogP contribution in [0.3, 0.4) is 0 Å². The molecule has 1 spiro atoms. The van der Waals surface area contributed by atoms with E-state index >= 15 is 0 Å². The van der Waals surface area contributed by atoms with Crippen LogP contribution in [0.1, 0.15) is 34.5 Å². The number of nitrogens with one attached hydrogen (secondary N) is 1. The SMILES string of the molecule is Cc1c(Cl)c(CN2C(=O)NC3(CCCc4sccc43)C2=O)nc2ccccc12. The lowest BCUT2D eigenvalue weighted by Crippen LogP contribution is -2.46. The summed E-state index contributed by atoms with van der Waals surface area (Å²) >= 11 is 8.20. The van der Waals surface area contributed by atoms with Gasteiger partial charge in [-0.25, -0.2) is 9.78 Å². The quantitative estimate of drug-likeness (QED) is 0.629. The number of imide groups is 1. The van der Waals surface area contributed by atoms with Gasteiger partial charge < -0.3 is 5.32 Å². The number of benzene rings is 1. The van der Waals surface area contributed by atoms with Gasteiger partial charge in [-0.3, -0.25) is 9.69 Å². The van der Waals surface area contributed by atoms with Crippen LogP contribution >= 0.6 is 22.9 Å². The number of carbonyl (C=O) groups excluding carboxylic acids is 2. The predicted molar refractivity (Wildman–Crippen MR) is 110 cm³/mol. The molecule has 7 heteroatoms. The normalized spacial score (nSPS) is 21.4. The molecule has 3 amide bonds. The number of hydrogen-bond acceptors (Lipinski definition) is 4. The van der Waals surface area contributed by atoms with E-state index in [2.05, 4.69) is 10.3 Å². The first-order valence-corrected chi connectivity index (χ1v) is 10.5. The number of pyridine rings is 1. The first-order valence-electron chi connectivity index (χ1n) is 9.26. The molecule has 5 nitrogen and oxygen atoms in total. The summed E-state index contributed by atoms with van der Waals surface area (Å²) < 4.78 is 0. The fourth-order valence-electron chi connectivity index (χ4n) is 4.36. The lowest BCUT2D eigenvalue weighted by atomic mass is 9.80. The molecular weight excluding hydrogens is 394 g/mol. The second kappa shape index (κ2) is 6.29. The lowest BCUT2D eigenvalue weighted by Gasteiger charge is -2.31. The van der Waals surface area contributed by atoms with E-state index in [1.807, 2.05) is 42.6 Å². The van der Waals surface area contributed by atoms with Crippen LogP contribution in [0.4, 0.5) is 4.79 Å². The molecule has 0 saturated carbocycles. The number of fused-ring (bicyclic) bond motifs is 3. The van der Waals surface area contributed by atoms with Crippen molar-refractivity contribution in [2.75, 3.05) is 0 Å². The van der Waals surface area contributed by atoms with Crippen LogP contribution in [-0.2, 0) is 23.3 Å². The first kappa shape index (κ1) is 17.6. The lowest BCUT2D eigenvalue weighted by molar-refractivity contribution is -0.132. The molecule has 1 atom stereocenters. The largest absolute Gasteiger partial charge is 0.325 e. The van der Waals surface area contributed by atoms with Gasteiger partial charge in [0.05, 0.1) is 22.8 Å². The van der Waals surface area contributed by atoms with Crippen molar-refractivity contribution in [1.29, 1.82) is 0 Å². The Labute approximate surface area is 171 Å². The molecule has 3 aromatic rings. The highest BCUT2D eigenvalue weighted by Crippen LogP contribution is 2.42. The zero-order chi connectivity index (χ0) is 19.5. The molecule has 142 valence electrons. The molecule has 2 aliphatic rings. The van der Waals surface area contributed by atoms with Gasteiger partial charge in [-0.1, -0.05) is 29.8 Å². The Morgan fingerprint density at radius 2 is 2.11 bits per heavy atom. The van der Waals surface area contributed by atoms with Gasteiger partial charge in [-0.05, 0) is 49.3 Å². The number of aromatic nitrogens is 1. The summed E-state index contributed by atoms with van der Waals surface area (Å²) in [6.07, 6.45) is 2.45. The third-order valence-electron chi connectivity index (χ3n) is 5.79. The zero-order valence-electron chi connectivity index (χ0n) is 15.3. The Bertz CT molecular complexity index is 1140. The number of carbonyl (C=O) groups is 2. The van der Waals surface area contributed by atoms with Crippen molar-refractivity contribution >= 4 is 45.8 Å². The zero-order valence-corrected chi connectivity index (χ0v) is 16.9. The number of rotatable bonds is 2. The molecule has 1 N–H and O–H groups in total. The van der Waals surface area contributed by atoms with E-state index in [0.29, 0.717) is 17.1 Å². The molecule has 1 aliphatic carbocycles. The summed E-state index contributed by atoms with van der Waals surface area (Å²) in [5.74, 6) is -0.208. The number of nitrogens with zero attached hydrogens (tertiary/aromatic N) is 2. The maximum atomic E-state index is 13.4. The third kappa shape index (κ3) is 2.41. The standard InChI is InChI=1S/C21H18ClN3O2S/c1-12-13-5-2-3-6-15(13)23-16(18(12)22)11-25-19(26)21(24-20(25)27)9-4-7-17-14(21)8-10-28-17/h2-3,5-6,8,10H,4,7,9,11H2,1H3,(H,24,27). The third-order valence-corrected chi connectivity index (χ3v) is 7.27. The average Bonchev–Trinajstić information content (AvgIpc) is 3.26. The summed E-state index contributed by atoms with van der Waals surface area (Å²) in [4.78, 5) is 33.2. The van der Waals surface area contributed by atoms with Crippen LogP contribution in [-0.4, -0.2) is 21.8 Å². The Morgan fingerprint density at radius 3 is 2.96 bits per heavy atom. The van der Waals surface area contributed by atoms with E-state index < -0.39 is 5.54 Å². The number of amides is 3. The molecule has 1 aromatic carbocycles. The van der Waals surface area contributed by atoms with E-state index in [9.17, 15) is 9.59 Å². The Balaban J connectivity index is 1.54. The monoisotopic (exact) mass is 411 g/mol. The molecule has 3 heterocycles. The molecule has 2 aromatic heterocycles. The minimum atomic E-state index is -0.941. The van der Waals surface area contributed by atoms with Crippen molar-refractivity contribution in [2.24, 2.45) is 0 Å². The summed E-state index contributed by atoms with van der Waals surface area (Å²) in [6, 6.07) is 9.31. The maximum absolute atomic E-state index is 13.4. The van der Waals surface area contributed by atoms with Gasteiger partial charge in [0.25, 0.3) is 5.91 Å². The second-order valence-corrected chi connectivity index (χ2v) is 8.73. The van der Waals surface area contributed by atoms with E-state index in [4.69, 9.17) is 11.6 Å². The minimum Gasteiger partial charge on any atom is -0.319 e. The van der Waals surface area contributed by atoms with Gasteiger partial charge in [0.2, 0.25) is 0 Å². The Hall–Kier alpha value is -2.44. The van der Waals surface area contributed by atoms with Gasteiger partial charge in [-0.2, -0.15) is 0 Å². The second-order valence-electron chi connectivity index (χ2n) is 7.35. The highest BCUT2D eigenvalue weighted by Gasteiger charge is 2.54. The van der Waals surface area contributed by atoms with Crippen LogP contribution in [0, 0.1) is 6.92 Å². The number of halogens is 1. The van der Waals surface area contributed by atoms with Crippen molar-refractivity contribution in [1.82, 2.24) is 15.2 Å². The molecular formula is C21H18ClN3O2S. The summed E-state index contributed by atoms with van der Waals surface area (Å²) in [6.45, 7) is 2.00. The number of hydrogen-bond donors (Lipinski definition) is 1. The smallest absolute Gasteiger partial charge is 0.319 e. The van der Waals surface area contributed by atoms with Crippen LogP contribution in [0.25, 0.3) is 10.9 Å². The van der Waals surface area contributed by atoms with Crippen LogP contribution < -0.4 is 5.32 Å². The van der Waals surface area contributed by atoms with Gasteiger partial charge in [0.15, 0.2) is 0 Å². The molecule has 1 unspecified atom stereocenters. The van der Waals surface area contributed by atoms with Crippen molar-refractivity contribution in [3.63, 3.8) is 0 Å². The van der Waals surface area contributed by atoms with Gasteiger partial charge >= 0.3 is 6.03 Å². The highest BCUT2D eigenvalue weighted by molar-refractivity contribution is 7.10. The van der Waals surface area contributed by atoms with E-state index in [0.717, 1.165) is 34.9 Å². The first-order chi connectivity index (χ1) is 13.5. The summed E-state index contributed by atoms with van der Waals surface area (Å²) in [5.41, 5.74) is 2.25. The number of thiophene rings is 1. The molecule has 0 radical (unpaired) electrons. The Kier molecular flexibility index (Phi) is 3.96. The van der Waals surface area contributed by atoms with E-state index in [1.165, 1.54) is 9.78 Å². The van der Waals surface area contributed by atoms with Crippen molar-refractivity contribution < 1.29 is 9.59 Å². The van der Waals surface area contributed by atoms with Gasteiger partial charge in [0, 0.05) is 15.8 Å². The molecule has 1 fully saturated rings. The molecule has 28 heavy (non-hydrogen) atoms. The fourth-order valence-corrected chi connectivity index (χ4v) is 5.56. The highest BCUT2D eigenvalue weighted by atomic mass is 35.5. The molecule has 1 saturated heterocycles. The van der Waals surface area contributed by atoms with Gasteiger partial charge in [0.1, 0.15) is 5.54 Å². The fraction of sp³-hybridized carbons (Fsp3) is 0.286. The molecule has 1 aliphatic heterocycles. The molecule has 0 bridgehead atoms. The van der Waals surface area contributed by atoms with Crippen LogP contribution in [0.15, 0.2) is 35.7 Å².